The quantitative estimate of drug-likeness (QED) is 0.602. The third-order valence-corrected chi connectivity index (χ3v) is 4.60. The Hall–Kier alpha value is -0.0400. The molecule has 0 heterocycles. The van der Waals surface area contributed by atoms with Crippen molar-refractivity contribution in [2.24, 2.45) is 11.3 Å². The zero-order valence-corrected chi connectivity index (χ0v) is 12.5. The second-order valence-electron chi connectivity index (χ2n) is 6.50. The fraction of sp³-hybridized carbons (Fsp3) is 1.00. The predicted octanol–water partition coefficient (Wildman–Crippen LogP) is 4.76. The van der Waals surface area contributed by atoms with E-state index in [0.717, 1.165) is 12.0 Å². The van der Waals surface area contributed by atoms with Crippen molar-refractivity contribution in [1.29, 1.82) is 0 Å². The van der Waals surface area contributed by atoms with Crippen LogP contribution in [-0.2, 0) is 0 Å². The Bertz CT molecular complexity index is 192. The van der Waals surface area contributed by atoms with Gasteiger partial charge >= 0.3 is 0 Å². The molecule has 1 fully saturated rings. The van der Waals surface area contributed by atoms with Crippen molar-refractivity contribution in [2.45, 2.75) is 84.6 Å². The molecule has 0 amide bonds. The highest BCUT2D eigenvalue weighted by atomic mass is 14.9. The number of rotatable bonds is 8. The van der Waals surface area contributed by atoms with Gasteiger partial charge in [-0.1, -0.05) is 52.9 Å². The van der Waals surface area contributed by atoms with E-state index in [9.17, 15) is 0 Å². The summed E-state index contributed by atoms with van der Waals surface area (Å²) in [6.07, 6.45) is 12.8. The van der Waals surface area contributed by atoms with Crippen LogP contribution >= 0.6 is 0 Å². The van der Waals surface area contributed by atoms with Gasteiger partial charge in [-0.05, 0) is 44.1 Å². The number of hydrogen-bond donors (Lipinski definition) is 1. The van der Waals surface area contributed by atoms with Crippen LogP contribution in [0.2, 0.25) is 0 Å². The topological polar surface area (TPSA) is 12.0 Å². The Balaban J connectivity index is 2.58. The molecule has 1 aliphatic carbocycles. The first-order valence-corrected chi connectivity index (χ1v) is 7.82. The van der Waals surface area contributed by atoms with Crippen molar-refractivity contribution in [3.05, 3.63) is 0 Å². The molecule has 1 N–H and O–H groups in total. The van der Waals surface area contributed by atoms with E-state index in [2.05, 4.69) is 33.1 Å². The molecule has 1 rings (SSSR count). The van der Waals surface area contributed by atoms with Gasteiger partial charge in [-0.2, -0.15) is 0 Å². The first-order valence-electron chi connectivity index (χ1n) is 7.82. The van der Waals surface area contributed by atoms with Gasteiger partial charge in [0.2, 0.25) is 0 Å². The summed E-state index contributed by atoms with van der Waals surface area (Å²) in [6, 6.07) is 0.763. The summed E-state index contributed by atoms with van der Waals surface area (Å²) in [7, 11) is 2.18. The maximum Gasteiger partial charge on any atom is 0.0121 e. The van der Waals surface area contributed by atoms with Gasteiger partial charge in [-0.3, -0.25) is 0 Å². The van der Waals surface area contributed by atoms with Crippen molar-refractivity contribution < 1.29 is 0 Å². The van der Waals surface area contributed by atoms with Crippen LogP contribution in [0.1, 0.15) is 78.6 Å². The van der Waals surface area contributed by atoms with Crippen molar-refractivity contribution >= 4 is 0 Å². The van der Waals surface area contributed by atoms with Crippen LogP contribution in [0.25, 0.3) is 0 Å². The van der Waals surface area contributed by atoms with Crippen molar-refractivity contribution in [3.63, 3.8) is 0 Å². The molecule has 0 bridgehead atoms. The van der Waals surface area contributed by atoms with Crippen molar-refractivity contribution in [3.8, 4) is 0 Å². The molecule has 1 unspecified atom stereocenters. The van der Waals surface area contributed by atoms with E-state index in [1.54, 1.807) is 0 Å². The molecule has 1 heteroatoms. The lowest BCUT2D eigenvalue weighted by molar-refractivity contribution is 0.151. The maximum atomic E-state index is 3.65. The summed E-state index contributed by atoms with van der Waals surface area (Å²) in [6.45, 7) is 7.07. The summed E-state index contributed by atoms with van der Waals surface area (Å²) in [4.78, 5) is 0. The molecule has 0 aromatic heterocycles. The third kappa shape index (κ3) is 4.28. The normalized spacial score (nSPS) is 21.0. The zero-order valence-electron chi connectivity index (χ0n) is 12.5. The SMILES string of the molecule is CCCCCC(NC)C1(CC(C)C)CCCC1. The van der Waals surface area contributed by atoms with Gasteiger partial charge in [0, 0.05) is 6.04 Å². The summed E-state index contributed by atoms with van der Waals surface area (Å²) in [5, 5.41) is 3.65. The highest BCUT2D eigenvalue weighted by Gasteiger charge is 2.40. The van der Waals surface area contributed by atoms with Gasteiger partial charge in [-0.25, -0.2) is 0 Å². The highest BCUT2D eigenvalue weighted by Crippen LogP contribution is 2.47. The number of hydrogen-bond acceptors (Lipinski definition) is 1. The Morgan fingerprint density at radius 2 is 1.76 bits per heavy atom. The van der Waals surface area contributed by atoms with Crippen LogP contribution in [0.15, 0.2) is 0 Å². The molecular weight excluding hydrogens is 206 g/mol. The second-order valence-corrected chi connectivity index (χ2v) is 6.50. The van der Waals surface area contributed by atoms with Crippen molar-refractivity contribution in [2.75, 3.05) is 7.05 Å². The molecule has 1 saturated carbocycles. The van der Waals surface area contributed by atoms with Crippen LogP contribution < -0.4 is 5.32 Å². The third-order valence-electron chi connectivity index (χ3n) is 4.60. The lowest BCUT2D eigenvalue weighted by Gasteiger charge is -2.39. The predicted molar refractivity (Wildman–Crippen MR) is 77.3 cm³/mol. The minimum absolute atomic E-state index is 0.622. The van der Waals surface area contributed by atoms with E-state index in [4.69, 9.17) is 0 Å². The van der Waals surface area contributed by atoms with E-state index in [1.165, 1.54) is 57.8 Å². The standard InChI is InChI=1S/C16H33N/c1-5-6-7-10-15(17-4)16(13-14(2)3)11-8-9-12-16/h14-15,17H,5-13H2,1-4H3. The summed E-state index contributed by atoms with van der Waals surface area (Å²) < 4.78 is 0. The van der Waals surface area contributed by atoms with Crippen LogP contribution in [0.3, 0.4) is 0 Å². The monoisotopic (exact) mass is 239 g/mol. The first kappa shape index (κ1) is 15.0. The highest BCUT2D eigenvalue weighted by molar-refractivity contribution is 4.94. The summed E-state index contributed by atoms with van der Waals surface area (Å²) in [5.74, 6) is 0.843. The smallest absolute Gasteiger partial charge is 0.0121 e. The van der Waals surface area contributed by atoms with Crippen LogP contribution in [-0.4, -0.2) is 13.1 Å². The van der Waals surface area contributed by atoms with Crippen LogP contribution in [0.5, 0.6) is 0 Å². The molecule has 102 valence electrons. The largest absolute Gasteiger partial charge is 0.316 e. The van der Waals surface area contributed by atoms with E-state index in [0.29, 0.717) is 5.41 Å². The Kier molecular flexibility index (Phi) is 6.54. The van der Waals surface area contributed by atoms with Crippen molar-refractivity contribution in [1.82, 2.24) is 5.32 Å². The zero-order chi connectivity index (χ0) is 12.7. The number of nitrogens with one attached hydrogen (secondary N) is 1. The summed E-state index contributed by atoms with van der Waals surface area (Å²) in [5.41, 5.74) is 0.622. The average molecular weight is 239 g/mol. The maximum absolute atomic E-state index is 3.65. The first-order chi connectivity index (χ1) is 8.14. The molecule has 1 atom stereocenters. The molecule has 0 aromatic rings. The minimum atomic E-state index is 0.622. The fourth-order valence-electron chi connectivity index (χ4n) is 3.94. The molecule has 0 spiro atoms. The van der Waals surface area contributed by atoms with Gasteiger partial charge < -0.3 is 5.32 Å². The van der Waals surface area contributed by atoms with Gasteiger partial charge in [-0.15, -0.1) is 0 Å². The lowest BCUT2D eigenvalue weighted by atomic mass is 9.71. The minimum Gasteiger partial charge on any atom is -0.316 e. The number of unbranched alkanes of at least 4 members (excludes halogenated alkanes) is 2. The average Bonchev–Trinajstić information content (AvgIpc) is 2.73. The molecule has 17 heavy (non-hydrogen) atoms. The summed E-state index contributed by atoms with van der Waals surface area (Å²) >= 11 is 0. The Labute approximate surface area is 109 Å². The van der Waals surface area contributed by atoms with E-state index < -0.39 is 0 Å². The van der Waals surface area contributed by atoms with Crippen LogP contribution in [0.4, 0.5) is 0 Å². The van der Waals surface area contributed by atoms with Gasteiger partial charge in [0.15, 0.2) is 0 Å². The molecule has 1 aliphatic rings. The van der Waals surface area contributed by atoms with Gasteiger partial charge in [0.25, 0.3) is 0 Å². The molecule has 0 aromatic carbocycles. The fourth-order valence-corrected chi connectivity index (χ4v) is 3.94. The van der Waals surface area contributed by atoms with Gasteiger partial charge in [0.1, 0.15) is 0 Å². The second kappa shape index (κ2) is 7.41. The van der Waals surface area contributed by atoms with Gasteiger partial charge in [0.05, 0.1) is 0 Å². The molecule has 0 saturated heterocycles. The molecule has 0 radical (unpaired) electrons. The van der Waals surface area contributed by atoms with E-state index in [-0.39, 0.29) is 0 Å². The molecular formula is C16H33N. The van der Waals surface area contributed by atoms with E-state index in [1.807, 2.05) is 0 Å². The Morgan fingerprint density at radius 1 is 1.12 bits per heavy atom. The van der Waals surface area contributed by atoms with Crippen LogP contribution in [0, 0.1) is 11.3 Å². The van der Waals surface area contributed by atoms with E-state index >= 15 is 0 Å². The molecule has 0 aliphatic heterocycles. The Morgan fingerprint density at radius 3 is 2.24 bits per heavy atom. The lowest BCUT2D eigenvalue weighted by Crippen LogP contribution is -2.43. The molecule has 1 nitrogen and oxygen atoms in total.